The number of likely N-dealkylation sites (N-methyl/N-ethyl adjacent to an activating group) is 1. The molecule has 1 fully saturated rings. The number of benzene rings is 1. The van der Waals surface area contributed by atoms with E-state index in [1.165, 1.54) is 16.4 Å². The van der Waals surface area contributed by atoms with Gasteiger partial charge in [-0.3, -0.25) is 4.79 Å². The van der Waals surface area contributed by atoms with Gasteiger partial charge in [-0.05, 0) is 40.5 Å². The predicted octanol–water partition coefficient (Wildman–Crippen LogP) is 2.34. The average Bonchev–Trinajstić information content (AvgIpc) is 3.09. The van der Waals surface area contributed by atoms with Crippen LogP contribution >= 0.6 is 15.9 Å². The van der Waals surface area contributed by atoms with Crippen molar-refractivity contribution in [3.8, 4) is 0 Å². The minimum Gasteiger partial charge on any atom is -0.379 e. The van der Waals surface area contributed by atoms with E-state index in [1.54, 1.807) is 31.9 Å². The van der Waals surface area contributed by atoms with Crippen molar-refractivity contribution in [1.82, 2.24) is 9.21 Å². The lowest BCUT2D eigenvalue weighted by Crippen LogP contribution is -2.37. The zero-order chi connectivity index (χ0) is 17.9. The summed E-state index contributed by atoms with van der Waals surface area (Å²) in [5.41, 5.74) is 0.345. The lowest BCUT2D eigenvalue weighted by atomic mass is 10.1. The van der Waals surface area contributed by atoms with Crippen LogP contribution in [-0.2, 0) is 14.8 Å². The molecule has 24 heavy (non-hydrogen) atoms. The van der Waals surface area contributed by atoms with E-state index in [9.17, 15) is 13.2 Å². The molecule has 1 aliphatic heterocycles. The van der Waals surface area contributed by atoms with Gasteiger partial charge in [-0.2, -0.15) is 4.31 Å². The first-order valence-electron chi connectivity index (χ1n) is 7.97. The van der Waals surface area contributed by atoms with Crippen LogP contribution in [0.1, 0.15) is 30.6 Å². The number of nitrogens with zero attached hydrogens (tertiary/aromatic N) is 2. The summed E-state index contributed by atoms with van der Waals surface area (Å²) in [5, 5.41) is 0. The van der Waals surface area contributed by atoms with Gasteiger partial charge in [0.15, 0.2) is 0 Å². The first-order valence-corrected chi connectivity index (χ1v) is 10.2. The van der Waals surface area contributed by atoms with Crippen molar-refractivity contribution in [2.75, 3.05) is 33.4 Å². The molecule has 0 aliphatic carbocycles. The maximum Gasteiger partial charge on any atom is 0.255 e. The standard InChI is InChI=1S/C16H23BrN2O4S/c1-4-19(5-2)24(21,22)13-6-7-15(17)14(10-13)16(20)18(3)12-8-9-23-11-12/h6-7,10,12H,4-5,8-9,11H2,1-3H3. The average molecular weight is 419 g/mol. The quantitative estimate of drug-likeness (QED) is 0.710. The van der Waals surface area contributed by atoms with Crippen molar-refractivity contribution >= 4 is 31.9 Å². The fourth-order valence-electron chi connectivity index (χ4n) is 2.72. The van der Waals surface area contributed by atoms with E-state index in [-0.39, 0.29) is 16.8 Å². The highest BCUT2D eigenvalue weighted by Crippen LogP contribution is 2.25. The Bertz CT molecular complexity index is 698. The SMILES string of the molecule is CCN(CC)S(=O)(=O)c1ccc(Br)c(C(=O)N(C)C2CCOC2)c1. The number of hydrogen-bond acceptors (Lipinski definition) is 4. The van der Waals surface area contributed by atoms with Crippen molar-refractivity contribution in [2.45, 2.75) is 31.2 Å². The van der Waals surface area contributed by atoms with Crippen LogP contribution in [0.15, 0.2) is 27.6 Å². The molecule has 1 aromatic carbocycles. The predicted molar refractivity (Wildman–Crippen MR) is 95.6 cm³/mol. The Morgan fingerprint density at radius 1 is 1.33 bits per heavy atom. The third-order valence-corrected chi connectivity index (χ3v) is 7.02. The van der Waals surface area contributed by atoms with Crippen LogP contribution in [0.2, 0.25) is 0 Å². The first kappa shape index (κ1) is 19.4. The molecule has 1 amide bonds. The van der Waals surface area contributed by atoms with Gasteiger partial charge < -0.3 is 9.64 Å². The maximum atomic E-state index is 12.8. The molecule has 1 atom stereocenters. The molecular formula is C16H23BrN2O4S. The lowest BCUT2D eigenvalue weighted by molar-refractivity contribution is 0.0710. The van der Waals surface area contributed by atoms with E-state index < -0.39 is 10.0 Å². The summed E-state index contributed by atoms with van der Waals surface area (Å²) in [7, 11) is -1.88. The number of sulfonamides is 1. The minimum atomic E-state index is -3.60. The molecule has 6 nitrogen and oxygen atoms in total. The highest BCUT2D eigenvalue weighted by Gasteiger charge is 2.28. The van der Waals surface area contributed by atoms with Crippen molar-refractivity contribution < 1.29 is 17.9 Å². The highest BCUT2D eigenvalue weighted by molar-refractivity contribution is 9.10. The summed E-state index contributed by atoms with van der Waals surface area (Å²) >= 11 is 3.36. The molecule has 0 aromatic heterocycles. The van der Waals surface area contributed by atoms with Gasteiger partial charge in [0, 0.05) is 31.2 Å². The first-order chi connectivity index (χ1) is 11.3. The summed E-state index contributed by atoms with van der Waals surface area (Å²) in [4.78, 5) is 14.5. The van der Waals surface area contributed by atoms with Crippen LogP contribution in [0.25, 0.3) is 0 Å². The summed E-state index contributed by atoms with van der Waals surface area (Å²) in [6.45, 7) is 5.51. The topological polar surface area (TPSA) is 66.9 Å². The van der Waals surface area contributed by atoms with Crippen LogP contribution in [-0.4, -0.2) is 62.9 Å². The number of carbonyl (C=O) groups excluding carboxylic acids is 1. The second-order valence-corrected chi connectivity index (χ2v) is 8.46. The van der Waals surface area contributed by atoms with Gasteiger partial charge >= 0.3 is 0 Å². The van der Waals surface area contributed by atoms with Gasteiger partial charge in [-0.15, -0.1) is 0 Å². The molecule has 1 aromatic rings. The maximum absolute atomic E-state index is 12.8. The Labute approximate surface area is 151 Å². The highest BCUT2D eigenvalue weighted by atomic mass is 79.9. The molecule has 0 N–H and O–H groups in total. The Morgan fingerprint density at radius 2 is 2.00 bits per heavy atom. The van der Waals surface area contributed by atoms with Crippen LogP contribution in [0, 0.1) is 0 Å². The van der Waals surface area contributed by atoms with Gasteiger partial charge in [-0.25, -0.2) is 8.42 Å². The molecule has 0 radical (unpaired) electrons. The monoisotopic (exact) mass is 418 g/mol. The Hall–Kier alpha value is -0.960. The summed E-state index contributed by atoms with van der Waals surface area (Å²) < 4.78 is 32.6. The zero-order valence-corrected chi connectivity index (χ0v) is 16.6. The van der Waals surface area contributed by atoms with Gasteiger partial charge in [0.2, 0.25) is 10.0 Å². The molecule has 1 saturated heterocycles. The van der Waals surface area contributed by atoms with Gasteiger partial charge in [0.05, 0.1) is 23.1 Å². The fraction of sp³-hybridized carbons (Fsp3) is 0.562. The fourth-order valence-corrected chi connectivity index (χ4v) is 4.63. The van der Waals surface area contributed by atoms with E-state index in [0.717, 1.165) is 6.42 Å². The molecule has 1 aliphatic rings. The second-order valence-electron chi connectivity index (χ2n) is 5.66. The summed E-state index contributed by atoms with van der Waals surface area (Å²) in [6, 6.07) is 4.61. The van der Waals surface area contributed by atoms with Crippen molar-refractivity contribution in [3.63, 3.8) is 0 Å². The molecule has 134 valence electrons. The zero-order valence-electron chi connectivity index (χ0n) is 14.2. The Morgan fingerprint density at radius 3 is 2.54 bits per heavy atom. The van der Waals surface area contributed by atoms with Crippen molar-refractivity contribution in [2.24, 2.45) is 0 Å². The number of hydrogen-bond donors (Lipinski definition) is 0. The smallest absolute Gasteiger partial charge is 0.255 e. The van der Waals surface area contributed by atoms with Crippen LogP contribution < -0.4 is 0 Å². The van der Waals surface area contributed by atoms with E-state index in [2.05, 4.69) is 15.9 Å². The number of amides is 1. The number of rotatable bonds is 6. The van der Waals surface area contributed by atoms with E-state index in [0.29, 0.717) is 36.3 Å². The van der Waals surface area contributed by atoms with Crippen LogP contribution in [0.4, 0.5) is 0 Å². The van der Waals surface area contributed by atoms with Crippen molar-refractivity contribution in [3.05, 3.63) is 28.2 Å². The van der Waals surface area contributed by atoms with Gasteiger partial charge in [0.25, 0.3) is 5.91 Å². The largest absolute Gasteiger partial charge is 0.379 e. The summed E-state index contributed by atoms with van der Waals surface area (Å²) in [6.07, 6.45) is 0.789. The van der Waals surface area contributed by atoms with E-state index in [1.807, 2.05) is 0 Å². The van der Waals surface area contributed by atoms with E-state index in [4.69, 9.17) is 4.74 Å². The molecule has 2 rings (SSSR count). The molecule has 1 unspecified atom stereocenters. The van der Waals surface area contributed by atoms with Gasteiger partial charge in [-0.1, -0.05) is 13.8 Å². The molecule has 1 heterocycles. The molecule has 0 spiro atoms. The number of carbonyl (C=O) groups is 1. The Balaban J connectivity index is 2.36. The lowest BCUT2D eigenvalue weighted by Gasteiger charge is -2.24. The second kappa shape index (κ2) is 7.95. The minimum absolute atomic E-state index is 0.0208. The normalized spacial score (nSPS) is 18.1. The van der Waals surface area contributed by atoms with E-state index >= 15 is 0 Å². The van der Waals surface area contributed by atoms with Crippen molar-refractivity contribution in [1.29, 1.82) is 0 Å². The molecule has 0 bridgehead atoms. The third kappa shape index (κ3) is 3.82. The molecule has 0 saturated carbocycles. The van der Waals surface area contributed by atoms with Crippen LogP contribution in [0.5, 0.6) is 0 Å². The number of halogens is 1. The van der Waals surface area contributed by atoms with Gasteiger partial charge in [0.1, 0.15) is 0 Å². The third-order valence-electron chi connectivity index (χ3n) is 4.29. The Kier molecular flexibility index (Phi) is 6.41. The van der Waals surface area contributed by atoms with Crippen LogP contribution in [0.3, 0.4) is 0 Å². The molecular weight excluding hydrogens is 396 g/mol. The summed E-state index contributed by atoms with van der Waals surface area (Å²) in [5.74, 6) is -0.214. The molecule has 8 heteroatoms. The number of ether oxygens (including phenoxy) is 1.